The first-order valence-corrected chi connectivity index (χ1v) is 11.0. The molecule has 5 rings (SSSR count). The van der Waals surface area contributed by atoms with Gasteiger partial charge in [0.15, 0.2) is 11.5 Å². The van der Waals surface area contributed by atoms with Crippen molar-refractivity contribution < 1.29 is 27.5 Å². The maximum atomic E-state index is 13.3. The highest BCUT2D eigenvalue weighted by molar-refractivity contribution is 5.91. The zero-order valence-corrected chi connectivity index (χ0v) is 19.1. The normalized spacial score (nSPS) is 15.5. The lowest BCUT2D eigenvalue weighted by Crippen LogP contribution is -2.49. The summed E-state index contributed by atoms with van der Waals surface area (Å²) in [6.07, 6.45) is 1.88. The minimum absolute atomic E-state index is 0.167. The van der Waals surface area contributed by atoms with Gasteiger partial charge in [0.05, 0.1) is 41.7 Å². The van der Waals surface area contributed by atoms with E-state index in [1.165, 1.54) is 35.0 Å². The molecule has 12 heteroatoms. The molecule has 0 spiro atoms. The van der Waals surface area contributed by atoms with E-state index in [0.29, 0.717) is 55.6 Å². The second-order valence-corrected chi connectivity index (χ2v) is 8.60. The van der Waals surface area contributed by atoms with E-state index < -0.39 is 11.7 Å². The molecule has 0 aliphatic carbocycles. The van der Waals surface area contributed by atoms with Gasteiger partial charge in [-0.05, 0) is 17.7 Å². The first-order chi connectivity index (χ1) is 16.6. The van der Waals surface area contributed by atoms with Crippen LogP contribution in [0.3, 0.4) is 0 Å². The molecule has 4 heterocycles. The van der Waals surface area contributed by atoms with E-state index in [2.05, 4.69) is 10.00 Å². The molecular formula is C23H23F3N6O3. The highest BCUT2D eigenvalue weighted by atomic mass is 19.4. The van der Waals surface area contributed by atoms with Gasteiger partial charge in [0.25, 0.3) is 0 Å². The highest BCUT2D eigenvalue weighted by Gasteiger charge is 2.32. The molecule has 35 heavy (non-hydrogen) atoms. The van der Waals surface area contributed by atoms with Crippen LogP contribution in [0.5, 0.6) is 11.5 Å². The molecule has 2 amide bonds. The minimum Gasteiger partial charge on any atom is -0.446 e. The predicted octanol–water partition coefficient (Wildman–Crippen LogP) is 3.57. The lowest BCUT2D eigenvalue weighted by Gasteiger charge is -2.34. The quantitative estimate of drug-likeness (QED) is 0.411. The zero-order valence-electron chi connectivity index (χ0n) is 19.1. The fourth-order valence-electron chi connectivity index (χ4n) is 4.07. The Labute approximate surface area is 198 Å². The van der Waals surface area contributed by atoms with Gasteiger partial charge >= 0.3 is 12.2 Å². The van der Waals surface area contributed by atoms with Crippen LogP contribution in [0.15, 0.2) is 43.0 Å². The van der Waals surface area contributed by atoms with E-state index in [0.717, 1.165) is 17.7 Å². The summed E-state index contributed by atoms with van der Waals surface area (Å²) in [6.45, 7) is 3.86. The van der Waals surface area contributed by atoms with Crippen molar-refractivity contribution in [3.63, 3.8) is 0 Å². The molecule has 0 bridgehead atoms. The molecule has 1 aromatic carbocycles. The number of benzene rings is 1. The van der Waals surface area contributed by atoms with Crippen LogP contribution in [-0.2, 0) is 17.5 Å². The van der Waals surface area contributed by atoms with Crippen LogP contribution in [-0.4, -0.2) is 69.3 Å². The maximum absolute atomic E-state index is 13.3. The van der Waals surface area contributed by atoms with Crippen LogP contribution in [0.25, 0.3) is 5.69 Å². The largest absolute Gasteiger partial charge is 0.446 e. The summed E-state index contributed by atoms with van der Waals surface area (Å²) >= 11 is 0. The number of hydrogen-bond acceptors (Lipinski definition) is 5. The molecule has 0 unspecified atom stereocenters. The molecule has 1 saturated heterocycles. The van der Waals surface area contributed by atoms with Gasteiger partial charge in [-0.2, -0.15) is 23.0 Å². The smallest absolute Gasteiger partial charge is 0.416 e. The Morgan fingerprint density at radius 1 is 1.09 bits per heavy atom. The van der Waals surface area contributed by atoms with Crippen molar-refractivity contribution in [1.82, 2.24) is 24.1 Å². The van der Waals surface area contributed by atoms with E-state index in [1.807, 2.05) is 0 Å². The Balaban J connectivity index is 1.26. The van der Waals surface area contributed by atoms with Crippen molar-refractivity contribution in [3.8, 4) is 17.2 Å². The Morgan fingerprint density at radius 3 is 2.40 bits per heavy atom. The van der Waals surface area contributed by atoms with Crippen LogP contribution >= 0.6 is 0 Å². The average molecular weight is 488 g/mol. The summed E-state index contributed by atoms with van der Waals surface area (Å²) in [5, 5.41) is 4.07. The number of carbonyl (C=O) groups excluding carboxylic acids is 2. The number of piperazine rings is 1. The third-order valence-corrected chi connectivity index (χ3v) is 6.29. The van der Waals surface area contributed by atoms with E-state index in [4.69, 9.17) is 4.74 Å². The van der Waals surface area contributed by atoms with E-state index in [1.54, 1.807) is 28.9 Å². The number of aromatic nitrogens is 3. The maximum Gasteiger partial charge on any atom is 0.416 e. The molecule has 0 N–H and O–H groups in total. The van der Waals surface area contributed by atoms with Crippen LogP contribution in [0.2, 0.25) is 0 Å². The van der Waals surface area contributed by atoms with Gasteiger partial charge in [0.1, 0.15) is 0 Å². The second-order valence-electron chi connectivity index (χ2n) is 8.60. The molecular weight excluding hydrogens is 465 g/mol. The van der Waals surface area contributed by atoms with E-state index >= 15 is 0 Å². The van der Waals surface area contributed by atoms with Crippen molar-refractivity contribution >= 4 is 17.6 Å². The number of rotatable bonds is 4. The van der Waals surface area contributed by atoms with Gasteiger partial charge in [-0.15, -0.1) is 0 Å². The number of hydrogen-bond donors (Lipinski definition) is 0. The second kappa shape index (κ2) is 8.45. The monoisotopic (exact) mass is 488 g/mol. The molecule has 9 nitrogen and oxygen atoms in total. The summed E-state index contributed by atoms with van der Waals surface area (Å²) in [7, 11) is 1.60. The number of alkyl halides is 3. The summed E-state index contributed by atoms with van der Waals surface area (Å²) in [6, 6.07) is 3.47. The number of carbonyl (C=O) groups is 2. The van der Waals surface area contributed by atoms with Crippen molar-refractivity contribution in [3.05, 3.63) is 54.1 Å². The first-order valence-electron chi connectivity index (χ1n) is 11.0. The molecule has 184 valence electrons. The Bertz CT molecular complexity index is 1270. The van der Waals surface area contributed by atoms with Crippen molar-refractivity contribution in [2.24, 2.45) is 0 Å². The standard InChI is InChI=1S/C23H23F3N6O3/c1-15(33)28(2)18-10-27-32(12-18)22(34)30-7-5-29(6-8-30)11-16-3-4-17(23(24,25)26)9-19(16)31-13-20-21(14-31)35-20/h3-4,9-10,12-14H,5-8,11H2,1-2H3. The Kier molecular flexibility index (Phi) is 5.55. The topological polar surface area (TPSA) is 79.1 Å². The lowest BCUT2D eigenvalue weighted by molar-refractivity contribution is -0.137. The fourth-order valence-corrected chi connectivity index (χ4v) is 4.07. The molecule has 0 radical (unpaired) electrons. The third-order valence-electron chi connectivity index (χ3n) is 6.29. The molecule has 0 atom stereocenters. The number of fused-ring (bicyclic) bond motifs is 1. The van der Waals surface area contributed by atoms with Crippen LogP contribution in [0.4, 0.5) is 23.7 Å². The summed E-state index contributed by atoms with van der Waals surface area (Å²) in [4.78, 5) is 29.5. The van der Waals surface area contributed by atoms with Crippen molar-refractivity contribution in [2.75, 3.05) is 38.1 Å². The SMILES string of the molecule is CC(=O)N(C)c1cnn(C(=O)N2CCN(Cc3ccc(C(F)(F)F)cc3-n3cc4c(c3)O4)CC2)c1. The lowest BCUT2D eigenvalue weighted by atomic mass is 10.1. The molecule has 2 aromatic heterocycles. The van der Waals surface area contributed by atoms with Crippen LogP contribution < -0.4 is 9.64 Å². The van der Waals surface area contributed by atoms with Crippen LogP contribution in [0, 0.1) is 0 Å². The van der Waals surface area contributed by atoms with Gasteiger partial charge in [0, 0.05) is 46.7 Å². The molecule has 2 aliphatic rings. The summed E-state index contributed by atoms with van der Waals surface area (Å²) in [5.41, 5.74) is 1.01. The van der Waals surface area contributed by atoms with E-state index in [-0.39, 0.29) is 11.9 Å². The summed E-state index contributed by atoms with van der Waals surface area (Å²) < 4.78 is 48.0. The van der Waals surface area contributed by atoms with Gasteiger partial charge in [0.2, 0.25) is 5.91 Å². The molecule has 3 aromatic rings. The fraction of sp³-hybridized carbons (Fsp3) is 0.348. The van der Waals surface area contributed by atoms with Gasteiger partial charge < -0.3 is 19.1 Å². The van der Waals surface area contributed by atoms with Gasteiger partial charge in [-0.1, -0.05) is 6.07 Å². The van der Waals surface area contributed by atoms with E-state index in [9.17, 15) is 22.8 Å². The molecule has 1 fully saturated rings. The highest BCUT2D eigenvalue weighted by Crippen LogP contribution is 2.47. The number of amides is 2. The predicted molar refractivity (Wildman–Crippen MR) is 120 cm³/mol. The third kappa shape index (κ3) is 4.61. The molecule has 0 saturated carbocycles. The van der Waals surface area contributed by atoms with Gasteiger partial charge in [-0.25, -0.2) is 4.79 Å². The number of nitrogens with zero attached hydrogens (tertiary/aromatic N) is 6. The number of halogens is 3. The zero-order chi connectivity index (χ0) is 24.9. The number of anilines is 1. The van der Waals surface area contributed by atoms with Crippen molar-refractivity contribution in [1.29, 1.82) is 0 Å². The average Bonchev–Trinajstić information content (AvgIpc) is 3.21. The Hall–Kier alpha value is -3.80. The van der Waals surface area contributed by atoms with Gasteiger partial charge in [-0.3, -0.25) is 9.69 Å². The molecule has 2 aliphatic heterocycles. The van der Waals surface area contributed by atoms with Crippen LogP contribution in [0.1, 0.15) is 18.1 Å². The first kappa shape index (κ1) is 23.0. The van der Waals surface area contributed by atoms with Crippen molar-refractivity contribution in [2.45, 2.75) is 19.6 Å². The summed E-state index contributed by atoms with van der Waals surface area (Å²) in [5.74, 6) is 1.16. The number of ether oxygens (including phenoxy) is 1. The minimum atomic E-state index is -4.44. The Morgan fingerprint density at radius 2 is 1.77 bits per heavy atom.